The number of sulfonamides is 1. The average Bonchev–Trinajstić information content (AvgIpc) is 3.49. The van der Waals surface area contributed by atoms with E-state index in [1.807, 2.05) is 55.8 Å². The van der Waals surface area contributed by atoms with Crippen molar-refractivity contribution in [3.05, 3.63) is 76.7 Å². The van der Waals surface area contributed by atoms with Gasteiger partial charge in [0, 0.05) is 55.9 Å². The number of rotatable bonds is 6. The zero-order valence-electron chi connectivity index (χ0n) is 22.8. The van der Waals surface area contributed by atoms with Crippen molar-refractivity contribution >= 4 is 32.8 Å². The van der Waals surface area contributed by atoms with Gasteiger partial charge in [-0.15, -0.1) is 5.10 Å². The van der Waals surface area contributed by atoms with Crippen LogP contribution in [0.2, 0.25) is 0 Å². The molecule has 2 atom stereocenters. The Balaban J connectivity index is 1.40. The lowest BCUT2D eigenvalue weighted by Gasteiger charge is -2.26. The van der Waals surface area contributed by atoms with Crippen LogP contribution in [0.15, 0.2) is 53.6 Å². The molecule has 6 rings (SSSR count). The molecular formula is C29H32N6O4S. The molecule has 1 saturated heterocycles. The van der Waals surface area contributed by atoms with E-state index in [2.05, 4.69) is 20.1 Å². The molecule has 11 heteroatoms. The number of benzene rings is 1. The van der Waals surface area contributed by atoms with Gasteiger partial charge < -0.3 is 14.6 Å². The summed E-state index contributed by atoms with van der Waals surface area (Å²) < 4.78 is 31.2. The Hall–Kier alpha value is -3.83. The molecule has 2 aliphatic heterocycles. The number of anilines is 1. The summed E-state index contributed by atoms with van der Waals surface area (Å²) in [4.78, 5) is 18.8. The van der Waals surface area contributed by atoms with Crippen molar-refractivity contribution in [3.63, 3.8) is 0 Å². The van der Waals surface area contributed by atoms with E-state index in [4.69, 9.17) is 0 Å². The third-order valence-electron chi connectivity index (χ3n) is 8.22. The molecule has 0 amide bonds. The molecule has 0 unspecified atom stereocenters. The topological polar surface area (TPSA) is 122 Å². The second-order valence-corrected chi connectivity index (χ2v) is 12.7. The van der Waals surface area contributed by atoms with E-state index >= 15 is 0 Å². The summed E-state index contributed by atoms with van der Waals surface area (Å²) in [7, 11) is -1.92. The van der Waals surface area contributed by atoms with Crippen LogP contribution in [0.1, 0.15) is 53.3 Å². The molecule has 0 aliphatic carbocycles. The number of carboxylic acid groups (broad SMARTS) is 1. The predicted octanol–water partition coefficient (Wildman–Crippen LogP) is 3.76. The Bertz CT molecular complexity index is 1730. The van der Waals surface area contributed by atoms with E-state index < -0.39 is 21.9 Å². The first-order chi connectivity index (χ1) is 19.1. The standard InChI is InChI=1S/C29H32N6O4S/c1-18-8-9-20(24(15-27(36)37)25-14-21-12-19(2)31-32-28(21)33(25)3)13-22(18)16-34-17-23-6-5-11-35(23)29-26(40(34,38)39)7-4-10-30-29/h4,7-10,12-14,23-24H,5-6,11,15-17H2,1-3H3,(H,36,37)/t23-,24+/m0/s1. The van der Waals surface area contributed by atoms with Gasteiger partial charge in [0.1, 0.15) is 10.7 Å². The highest BCUT2D eigenvalue weighted by molar-refractivity contribution is 7.89. The van der Waals surface area contributed by atoms with Gasteiger partial charge in [-0.2, -0.15) is 9.40 Å². The summed E-state index contributed by atoms with van der Waals surface area (Å²) in [6.07, 6.45) is 3.44. The van der Waals surface area contributed by atoms with E-state index in [0.717, 1.165) is 52.9 Å². The quantitative estimate of drug-likeness (QED) is 0.378. The molecule has 40 heavy (non-hydrogen) atoms. The Labute approximate surface area is 233 Å². The van der Waals surface area contributed by atoms with Crippen LogP contribution in [0.5, 0.6) is 0 Å². The molecule has 2 aliphatic rings. The third-order valence-corrected chi connectivity index (χ3v) is 10.1. The van der Waals surface area contributed by atoms with Crippen LogP contribution in [-0.4, -0.2) is 62.7 Å². The molecular weight excluding hydrogens is 528 g/mol. The Morgan fingerprint density at radius 2 is 1.98 bits per heavy atom. The van der Waals surface area contributed by atoms with Crippen LogP contribution in [0, 0.1) is 13.8 Å². The van der Waals surface area contributed by atoms with E-state index in [9.17, 15) is 18.3 Å². The van der Waals surface area contributed by atoms with Crippen LogP contribution in [0.25, 0.3) is 11.0 Å². The van der Waals surface area contributed by atoms with Crippen LogP contribution in [0.4, 0.5) is 5.82 Å². The Kier molecular flexibility index (Phi) is 6.58. The summed E-state index contributed by atoms with van der Waals surface area (Å²) in [6, 6.07) is 13.1. The maximum absolute atomic E-state index is 13.9. The fourth-order valence-electron chi connectivity index (χ4n) is 6.14. The normalized spacial score (nSPS) is 19.3. The van der Waals surface area contributed by atoms with Gasteiger partial charge in [-0.3, -0.25) is 4.79 Å². The molecule has 0 bridgehead atoms. The lowest BCUT2D eigenvalue weighted by molar-refractivity contribution is -0.137. The second kappa shape index (κ2) is 9.97. The average molecular weight is 561 g/mol. The van der Waals surface area contributed by atoms with Crippen LogP contribution < -0.4 is 4.90 Å². The maximum atomic E-state index is 13.9. The van der Waals surface area contributed by atoms with Crippen molar-refractivity contribution in [3.8, 4) is 0 Å². The van der Waals surface area contributed by atoms with Gasteiger partial charge in [0.15, 0.2) is 5.65 Å². The number of aliphatic carboxylic acids is 1. The largest absolute Gasteiger partial charge is 0.481 e. The number of fused-ring (bicyclic) bond motifs is 4. The minimum atomic E-state index is -3.79. The Morgan fingerprint density at radius 3 is 2.77 bits per heavy atom. The monoisotopic (exact) mass is 560 g/mol. The molecule has 0 spiro atoms. The van der Waals surface area contributed by atoms with Crippen molar-refractivity contribution in [2.45, 2.75) is 56.5 Å². The van der Waals surface area contributed by atoms with Gasteiger partial charge in [0.05, 0.1) is 12.1 Å². The molecule has 1 fully saturated rings. The highest BCUT2D eigenvalue weighted by atomic mass is 32.2. The smallest absolute Gasteiger partial charge is 0.304 e. The SMILES string of the molecule is Cc1cc2cc([C@H](CC(=O)O)c3ccc(C)c(CN4C[C@@H]5CCCN5c5ncccc5S4(=O)=O)c3)n(C)c2nn1. The first-order valence-electron chi connectivity index (χ1n) is 13.5. The summed E-state index contributed by atoms with van der Waals surface area (Å²) in [6.45, 7) is 5.19. The van der Waals surface area contributed by atoms with Crippen molar-refractivity contribution in [1.82, 2.24) is 24.1 Å². The molecule has 4 aromatic rings. The van der Waals surface area contributed by atoms with Crippen LogP contribution in [-0.2, 0) is 28.4 Å². The number of carbonyl (C=O) groups is 1. The first kappa shape index (κ1) is 26.4. The lowest BCUT2D eigenvalue weighted by Crippen LogP contribution is -2.39. The number of aromatic nitrogens is 4. The minimum absolute atomic E-state index is 0.0644. The van der Waals surface area contributed by atoms with E-state index in [-0.39, 0.29) is 23.9 Å². The minimum Gasteiger partial charge on any atom is -0.481 e. The summed E-state index contributed by atoms with van der Waals surface area (Å²) in [5, 5.41) is 19.2. The molecule has 3 aromatic heterocycles. The number of carboxylic acids is 1. The lowest BCUT2D eigenvalue weighted by atomic mass is 9.89. The van der Waals surface area contributed by atoms with Gasteiger partial charge in [0.2, 0.25) is 10.0 Å². The van der Waals surface area contributed by atoms with Crippen LogP contribution >= 0.6 is 0 Å². The molecule has 208 valence electrons. The number of nitrogens with zero attached hydrogens (tertiary/aromatic N) is 6. The molecule has 0 saturated carbocycles. The first-order valence-corrected chi connectivity index (χ1v) is 14.9. The summed E-state index contributed by atoms with van der Waals surface area (Å²) >= 11 is 0. The van der Waals surface area contributed by atoms with Gasteiger partial charge >= 0.3 is 5.97 Å². The fourth-order valence-corrected chi connectivity index (χ4v) is 7.75. The highest BCUT2D eigenvalue weighted by Gasteiger charge is 2.40. The van der Waals surface area contributed by atoms with Crippen molar-refractivity contribution in [1.29, 1.82) is 0 Å². The molecule has 0 radical (unpaired) electrons. The number of hydrogen-bond acceptors (Lipinski definition) is 7. The Morgan fingerprint density at radius 1 is 1.15 bits per heavy atom. The van der Waals surface area contributed by atoms with E-state index in [1.165, 1.54) is 0 Å². The van der Waals surface area contributed by atoms with Gasteiger partial charge in [-0.1, -0.05) is 18.2 Å². The van der Waals surface area contributed by atoms with Crippen molar-refractivity contribution in [2.24, 2.45) is 7.05 Å². The van der Waals surface area contributed by atoms with E-state index in [1.54, 1.807) is 22.6 Å². The molecule has 1 N–H and O–H groups in total. The number of pyridine rings is 1. The van der Waals surface area contributed by atoms with Crippen molar-refractivity contribution in [2.75, 3.05) is 18.0 Å². The predicted molar refractivity (Wildman–Crippen MR) is 151 cm³/mol. The van der Waals surface area contributed by atoms with Crippen molar-refractivity contribution < 1.29 is 18.3 Å². The molecule has 5 heterocycles. The zero-order chi connectivity index (χ0) is 28.2. The zero-order valence-corrected chi connectivity index (χ0v) is 23.6. The third kappa shape index (κ3) is 4.52. The van der Waals surface area contributed by atoms with Gasteiger partial charge in [-0.05, 0) is 67.6 Å². The van der Waals surface area contributed by atoms with Gasteiger partial charge in [0.25, 0.3) is 0 Å². The number of aryl methyl sites for hydroxylation is 3. The van der Waals surface area contributed by atoms with Crippen LogP contribution in [0.3, 0.4) is 0 Å². The molecule has 1 aromatic carbocycles. The van der Waals surface area contributed by atoms with E-state index in [0.29, 0.717) is 18.0 Å². The number of hydrogen-bond donors (Lipinski definition) is 1. The fraction of sp³-hybridized carbons (Fsp3) is 0.379. The maximum Gasteiger partial charge on any atom is 0.304 e. The van der Waals surface area contributed by atoms with Gasteiger partial charge in [-0.25, -0.2) is 13.4 Å². The second-order valence-electron chi connectivity index (χ2n) is 10.8. The highest BCUT2D eigenvalue weighted by Crippen LogP contribution is 2.37. The molecule has 10 nitrogen and oxygen atoms in total. The summed E-state index contributed by atoms with van der Waals surface area (Å²) in [5.74, 6) is -0.832. The summed E-state index contributed by atoms with van der Waals surface area (Å²) in [5.41, 5.74) is 4.90.